The fourth-order valence-electron chi connectivity index (χ4n) is 1.74. The van der Waals surface area contributed by atoms with E-state index in [1.165, 1.54) is 23.5 Å². The highest BCUT2D eigenvalue weighted by Crippen LogP contribution is 2.16. The summed E-state index contributed by atoms with van der Waals surface area (Å²) in [6, 6.07) is 3.58. The lowest BCUT2D eigenvalue weighted by Crippen LogP contribution is -2.26. The average Bonchev–Trinajstić information content (AvgIpc) is 2.74. The van der Waals surface area contributed by atoms with Crippen LogP contribution in [0.5, 0.6) is 0 Å². The molecule has 0 fully saturated rings. The van der Waals surface area contributed by atoms with E-state index in [9.17, 15) is 12.8 Å². The minimum Gasteiger partial charge on any atom is -0.375 e. The molecule has 0 saturated heterocycles. The van der Waals surface area contributed by atoms with E-state index in [1.54, 1.807) is 12.3 Å². The summed E-state index contributed by atoms with van der Waals surface area (Å²) in [7, 11) is -3.64. The van der Waals surface area contributed by atoms with E-state index in [4.69, 9.17) is 5.73 Å². The van der Waals surface area contributed by atoms with E-state index in [2.05, 4.69) is 9.71 Å². The molecule has 108 valence electrons. The first-order valence-electron chi connectivity index (χ1n) is 5.84. The highest BCUT2D eigenvalue weighted by Gasteiger charge is 2.16. The van der Waals surface area contributed by atoms with Gasteiger partial charge in [0.05, 0.1) is 10.6 Å². The van der Waals surface area contributed by atoms with Crippen LogP contribution >= 0.6 is 11.3 Å². The third-order valence-corrected chi connectivity index (χ3v) is 5.01. The Bertz CT molecular complexity index is 713. The number of thiazole rings is 1. The second-order valence-corrected chi connectivity index (χ2v) is 6.86. The number of nitrogens with one attached hydrogen (secondary N) is 1. The van der Waals surface area contributed by atoms with Gasteiger partial charge in [-0.05, 0) is 30.7 Å². The number of hydrogen-bond acceptors (Lipinski definition) is 5. The molecule has 1 aromatic heterocycles. The lowest BCUT2D eigenvalue weighted by molar-refractivity contribution is 0.579. The fourth-order valence-corrected chi connectivity index (χ4v) is 3.60. The molecule has 0 amide bonds. The predicted octanol–water partition coefficient (Wildman–Crippen LogP) is 1.69. The zero-order valence-corrected chi connectivity index (χ0v) is 12.4. The van der Waals surface area contributed by atoms with Crippen molar-refractivity contribution in [1.29, 1.82) is 0 Å². The van der Waals surface area contributed by atoms with Crippen LogP contribution in [0.4, 0.5) is 9.52 Å². The lowest BCUT2D eigenvalue weighted by atomic mass is 10.2. The zero-order chi connectivity index (χ0) is 14.8. The Morgan fingerprint density at radius 2 is 2.20 bits per heavy atom. The molecule has 0 unspecified atom stereocenters. The molecule has 0 spiro atoms. The Hall–Kier alpha value is -1.51. The average molecular weight is 315 g/mol. The van der Waals surface area contributed by atoms with Gasteiger partial charge in [0.2, 0.25) is 10.0 Å². The Kier molecular flexibility index (Phi) is 4.36. The van der Waals surface area contributed by atoms with Crippen molar-refractivity contribution in [1.82, 2.24) is 9.71 Å². The van der Waals surface area contributed by atoms with Crippen molar-refractivity contribution >= 4 is 26.5 Å². The van der Waals surface area contributed by atoms with Gasteiger partial charge >= 0.3 is 0 Å². The van der Waals surface area contributed by atoms with Crippen LogP contribution < -0.4 is 10.5 Å². The van der Waals surface area contributed by atoms with Crippen LogP contribution in [0.3, 0.4) is 0 Å². The van der Waals surface area contributed by atoms with Gasteiger partial charge in [-0.15, -0.1) is 11.3 Å². The smallest absolute Gasteiger partial charge is 0.240 e. The minimum atomic E-state index is -3.64. The summed E-state index contributed by atoms with van der Waals surface area (Å²) in [6.45, 7) is 1.76. The normalized spacial score (nSPS) is 11.7. The molecular weight excluding hydrogens is 301 g/mol. The molecule has 1 aromatic carbocycles. The van der Waals surface area contributed by atoms with Gasteiger partial charge in [-0.1, -0.05) is 0 Å². The number of benzene rings is 1. The van der Waals surface area contributed by atoms with Crippen molar-refractivity contribution in [3.63, 3.8) is 0 Å². The fraction of sp³-hybridized carbons (Fsp3) is 0.250. The quantitative estimate of drug-likeness (QED) is 0.879. The summed E-state index contributed by atoms with van der Waals surface area (Å²) >= 11 is 1.31. The minimum absolute atomic E-state index is 0.0803. The summed E-state index contributed by atoms with van der Waals surface area (Å²) in [6.07, 6.45) is 0.452. The van der Waals surface area contributed by atoms with Crippen LogP contribution in [0, 0.1) is 12.7 Å². The molecule has 3 N–H and O–H groups in total. The summed E-state index contributed by atoms with van der Waals surface area (Å²) in [4.78, 5) is 4.12. The first kappa shape index (κ1) is 14.9. The van der Waals surface area contributed by atoms with E-state index >= 15 is 0 Å². The molecule has 5 nitrogen and oxygen atoms in total. The number of rotatable bonds is 5. The molecule has 0 aliphatic heterocycles. The monoisotopic (exact) mass is 315 g/mol. The van der Waals surface area contributed by atoms with Crippen molar-refractivity contribution < 1.29 is 12.8 Å². The number of nitrogens with zero attached hydrogens (tertiary/aromatic N) is 1. The highest BCUT2D eigenvalue weighted by atomic mass is 32.2. The van der Waals surface area contributed by atoms with Crippen LogP contribution in [0.15, 0.2) is 28.5 Å². The van der Waals surface area contributed by atoms with Crippen molar-refractivity contribution in [3.8, 4) is 0 Å². The van der Waals surface area contributed by atoms with E-state index in [1.807, 2.05) is 0 Å². The van der Waals surface area contributed by atoms with E-state index in [-0.39, 0.29) is 11.4 Å². The third-order valence-electron chi connectivity index (χ3n) is 2.67. The number of halogens is 1. The van der Waals surface area contributed by atoms with Gasteiger partial charge in [-0.25, -0.2) is 22.5 Å². The molecule has 8 heteroatoms. The van der Waals surface area contributed by atoms with Crippen molar-refractivity contribution in [2.24, 2.45) is 0 Å². The predicted molar refractivity (Wildman–Crippen MR) is 76.6 cm³/mol. The Balaban J connectivity index is 2.04. The first-order valence-corrected chi connectivity index (χ1v) is 8.20. The van der Waals surface area contributed by atoms with Gasteiger partial charge in [-0.2, -0.15) is 0 Å². The molecule has 20 heavy (non-hydrogen) atoms. The lowest BCUT2D eigenvalue weighted by Gasteiger charge is -2.08. The van der Waals surface area contributed by atoms with Gasteiger partial charge in [0.25, 0.3) is 0 Å². The third kappa shape index (κ3) is 3.53. The van der Waals surface area contributed by atoms with Crippen molar-refractivity contribution in [2.45, 2.75) is 18.2 Å². The molecule has 0 saturated carbocycles. The summed E-state index contributed by atoms with van der Waals surface area (Å²) in [5, 5.41) is 2.24. The maximum absolute atomic E-state index is 13.0. The molecule has 0 bridgehead atoms. The molecule has 0 aliphatic carbocycles. The van der Waals surface area contributed by atoms with Crippen LogP contribution in [-0.4, -0.2) is 19.9 Å². The topological polar surface area (TPSA) is 85.1 Å². The van der Waals surface area contributed by atoms with Gasteiger partial charge in [-0.3, -0.25) is 0 Å². The number of nitrogen functional groups attached to an aromatic ring is 1. The Labute approximate surface area is 120 Å². The highest BCUT2D eigenvalue weighted by molar-refractivity contribution is 7.89. The summed E-state index contributed by atoms with van der Waals surface area (Å²) < 4.78 is 39.6. The molecular formula is C12H14FN3O2S2. The summed E-state index contributed by atoms with van der Waals surface area (Å²) in [5.41, 5.74) is 6.61. The molecule has 0 atom stereocenters. The molecule has 2 rings (SSSR count). The molecule has 2 aromatic rings. The standard InChI is InChI=1S/C12H14FN3O2S2/c1-8-6-9(13)2-3-11(8)20(17,18)15-5-4-10-7-19-12(14)16-10/h2-3,6-7,15H,4-5H2,1H3,(H2,14,16). The molecule has 1 heterocycles. The van der Waals surface area contributed by atoms with Crippen LogP contribution in [0.1, 0.15) is 11.3 Å². The van der Waals surface area contributed by atoms with Gasteiger partial charge in [0, 0.05) is 18.3 Å². The van der Waals surface area contributed by atoms with E-state index < -0.39 is 15.8 Å². The van der Waals surface area contributed by atoms with Gasteiger partial charge in [0.15, 0.2) is 5.13 Å². The number of hydrogen-bond donors (Lipinski definition) is 2. The molecule has 0 aliphatic rings. The van der Waals surface area contributed by atoms with E-state index in [0.717, 1.165) is 11.8 Å². The van der Waals surface area contributed by atoms with Gasteiger partial charge in [0.1, 0.15) is 5.82 Å². The van der Waals surface area contributed by atoms with E-state index in [0.29, 0.717) is 17.1 Å². The number of aromatic nitrogens is 1. The number of sulfonamides is 1. The van der Waals surface area contributed by atoms with Gasteiger partial charge < -0.3 is 5.73 Å². The number of anilines is 1. The second kappa shape index (κ2) is 5.86. The SMILES string of the molecule is Cc1cc(F)ccc1S(=O)(=O)NCCc1csc(N)n1. The second-order valence-electron chi connectivity index (χ2n) is 4.23. The van der Waals surface area contributed by atoms with Crippen LogP contribution in [-0.2, 0) is 16.4 Å². The van der Waals surface area contributed by atoms with Crippen LogP contribution in [0.25, 0.3) is 0 Å². The number of nitrogens with two attached hydrogens (primary N) is 1. The Morgan fingerprint density at radius 3 is 2.80 bits per heavy atom. The number of aryl methyl sites for hydroxylation is 1. The van der Waals surface area contributed by atoms with Crippen LogP contribution in [0.2, 0.25) is 0 Å². The van der Waals surface area contributed by atoms with Crippen molar-refractivity contribution in [3.05, 3.63) is 40.7 Å². The van der Waals surface area contributed by atoms with Crippen molar-refractivity contribution in [2.75, 3.05) is 12.3 Å². The maximum Gasteiger partial charge on any atom is 0.240 e. The maximum atomic E-state index is 13.0. The first-order chi connectivity index (χ1) is 9.38. The largest absolute Gasteiger partial charge is 0.375 e. The summed E-state index contributed by atoms with van der Waals surface area (Å²) in [5.74, 6) is -0.459. The Morgan fingerprint density at radius 1 is 1.45 bits per heavy atom. The molecule has 0 radical (unpaired) electrons. The zero-order valence-electron chi connectivity index (χ0n) is 10.8.